The van der Waals surface area contributed by atoms with Crippen molar-refractivity contribution in [3.05, 3.63) is 97.0 Å². The zero-order valence-electron chi connectivity index (χ0n) is 20.9. The lowest BCUT2D eigenvalue weighted by atomic mass is 9.62. The topological polar surface area (TPSA) is 121 Å². The summed E-state index contributed by atoms with van der Waals surface area (Å²) in [5, 5.41) is 9.79. The van der Waals surface area contributed by atoms with E-state index >= 15 is 0 Å². The van der Waals surface area contributed by atoms with E-state index < -0.39 is 0 Å². The van der Waals surface area contributed by atoms with Gasteiger partial charge in [-0.25, -0.2) is 15.0 Å². The van der Waals surface area contributed by atoms with Crippen LogP contribution in [0.1, 0.15) is 25.3 Å². The Morgan fingerprint density at radius 2 is 1.55 bits per heavy atom. The van der Waals surface area contributed by atoms with Crippen molar-refractivity contribution < 1.29 is 0 Å². The van der Waals surface area contributed by atoms with Gasteiger partial charge in [-0.05, 0) is 49.1 Å². The van der Waals surface area contributed by atoms with Crippen LogP contribution < -0.4 is 11.5 Å². The molecule has 1 fully saturated rings. The van der Waals surface area contributed by atoms with Gasteiger partial charge < -0.3 is 11.5 Å². The number of nitrogens with zero attached hydrogens (tertiary/aromatic N) is 6. The molecule has 0 unspecified atom stereocenters. The molecule has 38 heavy (non-hydrogen) atoms. The van der Waals surface area contributed by atoms with Crippen molar-refractivity contribution in [1.82, 2.24) is 29.5 Å². The van der Waals surface area contributed by atoms with Gasteiger partial charge in [0.2, 0.25) is 5.82 Å². The van der Waals surface area contributed by atoms with Crippen LogP contribution in [-0.2, 0) is 5.54 Å². The maximum absolute atomic E-state index is 6.66. The average molecular weight is 499 g/mol. The lowest BCUT2D eigenvalue weighted by Gasteiger charge is -2.51. The number of benzene rings is 2. The zero-order valence-corrected chi connectivity index (χ0v) is 20.9. The van der Waals surface area contributed by atoms with E-state index in [1.807, 2.05) is 34.9 Å². The Kier molecular flexibility index (Phi) is 4.91. The van der Waals surface area contributed by atoms with Crippen LogP contribution >= 0.6 is 0 Å². The van der Waals surface area contributed by atoms with Crippen molar-refractivity contribution in [2.24, 2.45) is 11.5 Å². The van der Waals surface area contributed by atoms with Crippen molar-refractivity contribution in [1.29, 1.82) is 0 Å². The predicted molar refractivity (Wildman–Crippen MR) is 148 cm³/mol. The molecule has 0 amide bonds. The minimum Gasteiger partial charge on any atom is -0.325 e. The molecule has 8 nitrogen and oxygen atoms in total. The van der Waals surface area contributed by atoms with E-state index in [4.69, 9.17) is 16.5 Å². The van der Waals surface area contributed by atoms with Crippen LogP contribution in [0.5, 0.6) is 0 Å². The molecule has 0 bridgehead atoms. The summed E-state index contributed by atoms with van der Waals surface area (Å²) in [6.45, 7) is 2.06. The van der Waals surface area contributed by atoms with Gasteiger partial charge in [-0.3, -0.25) is 4.40 Å². The summed E-state index contributed by atoms with van der Waals surface area (Å²) in [7, 11) is 0. The molecule has 0 atom stereocenters. The summed E-state index contributed by atoms with van der Waals surface area (Å²) in [4.78, 5) is 13.8. The van der Waals surface area contributed by atoms with Gasteiger partial charge in [0.15, 0.2) is 11.5 Å². The first-order valence-electron chi connectivity index (χ1n) is 12.6. The van der Waals surface area contributed by atoms with Crippen molar-refractivity contribution in [3.8, 4) is 34.0 Å². The summed E-state index contributed by atoms with van der Waals surface area (Å²) in [6.07, 6.45) is 6.86. The Morgan fingerprint density at radius 1 is 0.816 bits per heavy atom. The predicted octanol–water partition coefficient (Wildman–Crippen LogP) is 4.73. The Bertz CT molecular complexity index is 1780. The Balaban J connectivity index is 1.39. The van der Waals surface area contributed by atoms with E-state index in [0.29, 0.717) is 17.3 Å². The second kappa shape index (κ2) is 8.24. The normalized spacial score (nSPS) is 21.0. The zero-order chi connectivity index (χ0) is 25.9. The monoisotopic (exact) mass is 498 g/mol. The highest BCUT2D eigenvalue weighted by atomic mass is 15.3. The molecule has 0 aliphatic heterocycles. The standard InChI is InChI=1S/C30H26N8/c1-29(31)17-30(32,18-29)21-10-8-20(9-11-21)25-22(19-6-3-2-4-7-19)16-23-24(35-25)12-15-38-27(23)36-37-28(38)26-33-13-5-14-34-26/h2-16H,17-18,31-32H2,1H3. The van der Waals surface area contributed by atoms with E-state index in [0.717, 1.165) is 51.7 Å². The van der Waals surface area contributed by atoms with Crippen LogP contribution in [0.25, 0.3) is 50.6 Å². The quantitative estimate of drug-likeness (QED) is 0.360. The number of nitrogens with two attached hydrogens (primary N) is 2. The number of rotatable bonds is 4. The van der Waals surface area contributed by atoms with Crippen LogP contribution in [0, 0.1) is 0 Å². The molecule has 0 radical (unpaired) electrons. The Morgan fingerprint density at radius 3 is 2.26 bits per heavy atom. The molecule has 1 aliphatic rings. The van der Waals surface area contributed by atoms with Crippen molar-refractivity contribution >= 4 is 16.6 Å². The van der Waals surface area contributed by atoms with E-state index in [2.05, 4.69) is 69.6 Å². The third-order valence-corrected chi connectivity index (χ3v) is 7.39. The van der Waals surface area contributed by atoms with Gasteiger partial charge in [0.1, 0.15) is 0 Å². The number of fused-ring (bicyclic) bond motifs is 3. The number of aromatic nitrogens is 6. The molecule has 0 spiro atoms. The Hall–Kier alpha value is -4.53. The maximum atomic E-state index is 6.66. The van der Waals surface area contributed by atoms with Gasteiger partial charge in [-0.2, -0.15) is 0 Å². The first kappa shape index (κ1) is 22.7. The third kappa shape index (κ3) is 3.65. The van der Waals surface area contributed by atoms with Crippen LogP contribution in [0.2, 0.25) is 0 Å². The maximum Gasteiger partial charge on any atom is 0.206 e. The summed E-state index contributed by atoms with van der Waals surface area (Å²) < 4.78 is 1.91. The van der Waals surface area contributed by atoms with Crippen molar-refractivity contribution in [2.75, 3.05) is 0 Å². The highest BCUT2D eigenvalue weighted by Crippen LogP contribution is 2.45. The third-order valence-electron chi connectivity index (χ3n) is 7.39. The van der Waals surface area contributed by atoms with Crippen molar-refractivity contribution in [2.45, 2.75) is 30.8 Å². The molecule has 4 heterocycles. The average Bonchev–Trinajstić information content (AvgIpc) is 3.37. The first-order valence-corrected chi connectivity index (χ1v) is 12.6. The van der Waals surface area contributed by atoms with Gasteiger partial charge in [-0.1, -0.05) is 54.6 Å². The van der Waals surface area contributed by atoms with Crippen LogP contribution in [0.3, 0.4) is 0 Å². The van der Waals surface area contributed by atoms with Crippen molar-refractivity contribution in [3.63, 3.8) is 0 Å². The van der Waals surface area contributed by atoms with Crippen LogP contribution in [-0.4, -0.2) is 35.1 Å². The van der Waals surface area contributed by atoms with Gasteiger partial charge in [0, 0.05) is 46.2 Å². The highest BCUT2D eigenvalue weighted by Gasteiger charge is 2.48. The molecule has 4 aromatic heterocycles. The first-order chi connectivity index (χ1) is 18.4. The lowest BCUT2D eigenvalue weighted by Crippen LogP contribution is -2.62. The fourth-order valence-corrected chi connectivity index (χ4v) is 5.77. The largest absolute Gasteiger partial charge is 0.325 e. The van der Waals surface area contributed by atoms with Crippen LogP contribution in [0.15, 0.2) is 91.4 Å². The summed E-state index contributed by atoms with van der Waals surface area (Å²) in [5.74, 6) is 1.11. The summed E-state index contributed by atoms with van der Waals surface area (Å²) in [6, 6.07) is 24.6. The van der Waals surface area contributed by atoms with E-state index in [-0.39, 0.29) is 11.1 Å². The van der Waals surface area contributed by atoms with Crippen LogP contribution in [0.4, 0.5) is 0 Å². The fourth-order valence-electron chi connectivity index (χ4n) is 5.77. The summed E-state index contributed by atoms with van der Waals surface area (Å²) >= 11 is 0. The second-order valence-electron chi connectivity index (χ2n) is 10.5. The SMILES string of the molecule is CC1(N)CC(N)(c2ccc(-c3nc4ccn5c(-c6ncccn6)nnc5c4cc3-c3ccccc3)cc2)C1. The molecule has 186 valence electrons. The van der Waals surface area contributed by atoms with E-state index in [1.54, 1.807) is 18.5 Å². The lowest BCUT2D eigenvalue weighted by molar-refractivity contribution is 0.125. The molecule has 8 heteroatoms. The van der Waals surface area contributed by atoms with Gasteiger partial charge in [0.25, 0.3) is 0 Å². The fraction of sp³-hybridized carbons (Fsp3) is 0.167. The molecule has 0 saturated heterocycles. The smallest absolute Gasteiger partial charge is 0.206 e. The molecule has 4 N–H and O–H groups in total. The van der Waals surface area contributed by atoms with Gasteiger partial charge >= 0.3 is 0 Å². The molecular weight excluding hydrogens is 472 g/mol. The molecular formula is C30H26N8. The number of hydrogen-bond donors (Lipinski definition) is 2. The van der Waals surface area contributed by atoms with E-state index in [1.165, 1.54) is 0 Å². The minimum atomic E-state index is -0.374. The molecule has 2 aromatic carbocycles. The molecule has 6 aromatic rings. The second-order valence-corrected chi connectivity index (χ2v) is 10.5. The number of hydrogen-bond acceptors (Lipinski definition) is 7. The number of pyridine rings is 2. The van der Waals surface area contributed by atoms with Gasteiger partial charge in [0.05, 0.1) is 11.2 Å². The van der Waals surface area contributed by atoms with Gasteiger partial charge in [-0.15, -0.1) is 10.2 Å². The van der Waals surface area contributed by atoms with E-state index in [9.17, 15) is 0 Å². The molecule has 1 saturated carbocycles. The summed E-state index contributed by atoms with van der Waals surface area (Å²) in [5.41, 5.74) is 19.0. The minimum absolute atomic E-state index is 0.201. The molecule has 7 rings (SSSR count). The molecule has 1 aliphatic carbocycles. The highest BCUT2D eigenvalue weighted by molar-refractivity contribution is 5.98. The Labute approximate surface area is 219 Å².